The molecule has 1 saturated carbocycles. The monoisotopic (exact) mass is 265 g/mol. The molecule has 0 unspecified atom stereocenters. The Kier molecular flexibility index (Phi) is 4.38. The Morgan fingerprint density at radius 2 is 1.58 bits per heavy atom. The van der Waals surface area contributed by atoms with Crippen LogP contribution in [0.5, 0.6) is 0 Å². The molecule has 19 heavy (non-hydrogen) atoms. The molecule has 0 aromatic heterocycles. The zero-order chi connectivity index (χ0) is 13.1. The summed E-state index contributed by atoms with van der Waals surface area (Å²) in [6, 6.07) is 0.914. The minimum atomic E-state index is 0.104. The van der Waals surface area contributed by atoms with Crippen molar-refractivity contribution in [1.29, 1.82) is 0 Å². The van der Waals surface area contributed by atoms with Gasteiger partial charge in [-0.2, -0.15) is 0 Å². The van der Waals surface area contributed by atoms with Crippen LogP contribution in [0.25, 0.3) is 0 Å². The number of nitrogens with zero attached hydrogens (tertiary/aromatic N) is 2. The average Bonchev–Trinajstić information content (AvgIpc) is 3.02. The summed E-state index contributed by atoms with van der Waals surface area (Å²) in [5, 5.41) is 3.38. The van der Waals surface area contributed by atoms with E-state index in [0.29, 0.717) is 5.91 Å². The number of carbonyl (C=O) groups is 1. The zero-order valence-corrected chi connectivity index (χ0v) is 11.9. The van der Waals surface area contributed by atoms with Crippen molar-refractivity contribution in [2.24, 2.45) is 0 Å². The molecule has 3 aliphatic rings. The van der Waals surface area contributed by atoms with E-state index < -0.39 is 0 Å². The number of piperidine rings is 1. The van der Waals surface area contributed by atoms with Gasteiger partial charge >= 0.3 is 0 Å². The van der Waals surface area contributed by atoms with Crippen LogP contribution in [-0.4, -0.2) is 60.5 Å². The Morgan fingerprint density at radius 1 is 0.895 bits per heavy atom. The first-order chi connectivity index (χ1) is 9.34. The summed E-state index contributed by atoms with van der Waals surface area (Å²) in [5.74, 6) is 0.353. The van der Waals surface area contributed by atoms with Crippen LogP contribution in [-0.2, 0) is 4.79 Å². The molecule has 2 saturated heterocycles. The van der Waals surface area contributed by atoms with E-state index in [1.807, 2.05) is 0 Å². The third-order valence-corrected chi connectivity index (χ3v) is 5.08. The van der Waals surface area contributed by atoms with Gasteiger partial charge in [0.15, 0.2) is 0 Å². The first-order valence-electron chi connectivity index (χ1n) is 8.11. The second-order valence-electron chi connectivity index (χ2n) is 6.30. The van der Waals surface area contributed by atoms with Gasteiger partial charge in [-0.3, -0.25) is 9.69 Å². The van der Waals surface area contributed by atoms with E-state index in [9.17, 15) is 4.79 Å². The normalized spacial score (nSPS) is 30.7. The maximum absolute atomic E-state index is 12.4. The lowest BCUT2D eigenvalue weighted by atomic mass is 10.0. The highest BCUT2D eigenvalue weighted by atomic mass is 16.2. The average molecular weight is 265 g/mol. The van der Waals surface area contributed by atoms with Crippen molar-refractivity contribution in [1.82, 2.24) is 15.1 Å². The number of carbonyl (C=O) groups excluding carboxylic acids is 1. The summed E-state index contributed by atoms with van der Waals surface area (Å²) in [4.78, 5) is 17.1. The van der Waals surface area contributed by atoms with Gasteiger partial charge in [0.05, 0.1) is 6.04 Å². The van der Waals surface area contributed by atoms with Gasteiger partial charge in [-0.05, 0) is 32.2 Å². The van der Waals surface area contributed by atoms with Gasteiger partial charge in [-0.15, -0.1) is 0 Å². The molecule has 1 N–H and O–H groups in total. The number of amides is 1. The summed E-state index contributed by atoms with van der Waals surface area (Å²) in [7, 11) is 0. The molecule has 2 heterocycles. The first kappa shape index (κ1) is 13.4. The molecular weight excluding hydrogens is 238 g/mol. The van der Waals surface area contributed by atoms with Gasteiger partial charge in [-0.25, -0.2) is 0 Å². The van der Waals surface area contributed by atoms with E-state index in [1.54, 1.807) is 0 Å². The fraction of sp³-hybridized carbons (Fsp3) is 0.933. The number of rotatable bonds is 2. The van der Waals surface area contributed by atoms with Gasteiger partial charge in [0.25, 0.3) is 0 Å². The highest BCUT2D eigenvalue weighted by molar-refractivity contribution is 5.82. The predicted octanol–water partition coefficient (Wildman–Crippen LogP) is 1.22. The molecule has 3 rings (SSSR count). The Labute approximate surface area is 116 Å². The summed E-state index contributed by atoms with van der Waals surface area (Å²) in [6.45, 7) is 5.06. The van der Waals surface area contributed by atoms with Gasteiger partial charge in [0.2, 0.25) is 5.91 Å². The lowest BCUT2D eigenvalue weighted by molar-refractivity contribution is -0.136. The minimum Gasteiger partial charge on any atom is -0.339 e. The third-order valence-electron chi connectivity index (χ3n) is 5.08. The second-order valence-corrected chi connectivity index (χ2v) is 6.30. The lowest BCUT2D eigenvalue weighted by Crippen LogP contribution is -2.56. The van der Waals surface area contributed by atoms with E-state index >= 15 is 0 Å². The molecule has 108 valence electrons. The number of hydrogen-bond acceptors (Lipinski definition) is 3. The van der Waals surface area contributed by atoms with Crippen LogP contribution in [0.4, 0.5) is 0 Å². The molecule has 4 nitrogen and oxygen atoms in total. The Balaban J connectivity index is 1.47. The van der Waals surface area contributed by atoms with Crippen LogP contribution >= 0.6 is 0 Å². The maximum Gasteiger partial charge on any atom is 0.239 e. The van der Waals surface area contributed by atoms with Crippen molar-refractivity contribution in [3.8, 4) is 0 Å². The highest BCUT2D eigenvalue weighted by Gasteiger charge is 2.31. The quantitative estimate of drug-likeness (QED) is 0.815. The minimum absolute atomic E-state index is 0.104. The maximum atomic E-state index is 12.4. The van der Waals surface area contributed by atoms with Crippen LogP contribution in [0.3, 0.4) is 0 Å². The van der Waals surface area contributed by atoms with Crippen molar-refractivity contribution in [2.45, 2.75) is 57.0 Å². The smallest absolute Gasteiger partial charge is 0.239 e. The van der Waals surface area contributed by atoms with Gasteiger partial charge in [-0.1, -0.05) is 19.3 Å². The molecule has 0 radical (unpaired) electrons. The molecule has 1 atom stereocenters. The van der Waals surface area contributed by atoms with Gasteiger partial charge in [0, 0.05) is 32.2 Å². The Morgan fingerprint density at radius 3 is 2.21 bits per heavy atom. The van der Waals surface area contributed by atoms with Crippen LogP contribution < -0.4 is 5.32 Å². The van der Waals surface area contributed by atoms with E-state index in [-0.39, 0.29) is 6.04 Å². The molecule has 4 heteroatoms. The predicted molar refractivity (Wildman–Crippen MR) is 76.1 cm³/mol. The molecule has 2 aliphatic heterocycles. The summed E-state index contributed by atoms with van der Waals surface area (Å²) >= 11 is 0. The molecule has 0 spiro atoms. The standard InChI is InChI=1S/C15H27N3O/c19-15(14-7-3-4-8-16-14)18-11-9-17(10-12-18)13-5-1-2-6-13/h13-14,16H,1-12H2/t14-/m1/s1. The van der Waals surface area contributed by atoms with Crippen molar-refractivity contribution in [2.75, 3.05) is 32.7 Å². The number of hydrogen-bond donors (Lipinski definition) is 1. The van der Waals surface area contributed by atoms with Crippen molar-refractivity contribution in [3.05, 3.63) is 0 Å². The van der Waals surface area contributed by atoms with Crippen LogP contribution in [0.15, 0.2) is 0 Å². The SMILES string of the molecule is O=C([C@H]1CCCCN1)N1CCN(C2CCCC2)CC1. The molecule has 1 amide bonds. The van der Waals surface area contributed by atoms with Crippen LogP contribution in [0.2, 0.25) is 0 Å². The second kappa shape index (κ2) is 6.23. The number of piperazine rings is 1. The fourth-order valence-corrected chi connectivity index (χ4v) is 3.86. The van der Waals surface area contributed by atoms with Crippen LogP contribution in [0.1, 0.15) is 44.9 Å². The molecule has 3 fully saturated rings. The molecule has 1 aliphatic carbocycles. The fourth-order valence-electron chi connectivity index (χ4n) is 3.86. The topological polar surface area (TPSA) is 35.6 Å². The van der Waals surface area contributed by atoms with Crippen molar-refractivity contribution < 1.29 is 4.79 Å². The molecule has 0 aromatic carbocycles. The Bertz CT molecular complexity index is 301. The van der Waals surface area contributed by atoms with Crippen molar-refractivity contribution >= 4 is 5.91 Å². The summed E-state index contributed by atoms with van der Waals surface area (Å²) < 4.78 is 0. The van der Waals surface area contributed by atoms with E-state index in [2.05, 4.69) is 15.1 Å². The summed E-state index contributed by atoms with van der Waals surface area (Å²) in [5.41, 5.74) is 0. The van der Waals surface area contributed by atoms with E-state index in [1.165, 1.54) is 38.5 Å². The van der Waals surface area contributed by atoms with E-state index in [4.69, 9.17) is 0 Å². The molecule has 0 aromatic rings. The van der Waals surface area contributed by atoms with Crippen LogP contribution in [0, 0.1) is 0 Å². The van der Waals surface area contributed by atoms with Gasteiger partial charge in [0.1, 0.15) is 0 Å². The lowest BCUT2D eigenvalue weighted by Gasteiger charge is -2.39. The highest BCUT2D eigenvalue weighted by Crippen LogP contribution is 2.24. The molecule has 0 bridgehead atoms. The van der Waals surface area contributed by atoms with E-state index in [0.717, 1.165) is 45.2 Å². The molecular formula is C15H27N3O. The van der Waals surface area contributed by atoms with Crippen molar-refractivity contribution in [3.63, 3.8) is 0 Å². The summed E-state index contributed by atoms with van der Waals surface area (Å²) in [6.07, 6.45) is 8.99. The van der Waals surface area contributed by atoms with Gasteiger partial charge < -0.3 is 10.2 Å². The Hall–Kier alpha value is -0.610. The zero-order valence-electron chi connectivity index (χ0n) is 11.9. The third kappa shape index (κ3) is 3.11. The number of nitrogens with one attached hydrogen (secondary N) is 1. The first-order valence-corrected chi connectivity index (χ1v) is 8.11. The largest absolute Gasteiger partial charge is 0.339 e.